The minimum atomic E-state index is -0.713. The van der Waals surface area contributed by atoms with Crippen LogP contribution in [0.5, 0.6) is 0 Å². The SMILES string of the molecule is CCCNc1cnc(C(=O)NC2CCC(=O)NC2=O)cn1. The summed E-state index contributed by atoms with van der Waals surface area (Å²) in [6, 6.07) is -0.713. The van der Waals surface area contributed by atoms with Crippen molar-refractivity contribution in [1.82, 2.24) is 20.6 Å². The van der Waals surface area contributed by atoms with Gasteiger partial charge in [0, 0.05) is 13.0 Å². The Kier molecular flexibility index (Phi) is 4.81. The lowest BCUT2D eigenvalue weighted by atomic mass is 10.1. The molecule has 1 fully saturated rings. The summed E-state index contributed by atoms with van der Waals surface area (Å²) < 4.78 is 0. The summed E-state index contributed by atoms with van der Waals surface area (Å²) in [5.41, 5.74) is 0.127. The van der Waals surface area contributed by atoms with E-state index in [0.717, 1.165) is 13.0 Å². The van der Waals surface area contributed by atoms with Crippen LogP contribution in [0, 0.1) is 0 Å². The Morgan fingerprint density at radius 1 is 1.38 bits per heavy atom. The fourth-order valence-corrected chi connectivity index (χ4v) is 1.85. The number of nitrogens with zero attached hydrogens (tertiary/aromatic N) is 2. The molecule has 0 aliphatic carbocycles. The van der Waals surface area contributed by atoms with Gasteiger partial charge in [-0.25, -0.2) is 9.97 Å². The predicted octanol–water partition coefficient (Wildman–Crippen LogP) is -0.166. The molecule has 1 aromatic heterocycles. The highest BCUT2D eigenvalue weighted by atomic mass is 16.2. The molecule has 0 spiro atoms. The predicted molar refractivity (Wildman–Crippen MR) is 74.5 cm³/mol. The van der Waals surface area contributed by atoms with E-state index in [9.17, 15) is 14.4 Å². The summed E-state index contributed by atoms with van der Waals surface area (Å²) in [7, 11) is 0. The van der Waals surface area contributed by atoms with Crippen LogP contribution < -0.4 is 16.0 Å². The van der Waals surface area contributed by atoms with Gasteiger partial charge in [0.15, 0.2) is 0 Å². The van der Waals surface area contributed by atoms with E-state index in [0.29, 0.717) is 12.2 Å². The number of imide groups is 1. The van der Waals surface area contributed by atoms with E-state index in [2.05, 4.69) is 25.9 Å². The molecule has 8 heteroatoms. The number of hydrogen-bond acceptors (Lipinski definition) is 6. The van der Waals surface area contributed by atoms with Crippen LogP contribution in [0.2, 0.25) is 0 Å². The molecule has 21 heavy (non-hydrogen) atoms. The fraction of sp³-hybridized carbons (Fsp3) is 0.462. The van der Waals surface area contributed by atoms with Gasteiger partial charge in [0.2, 0.25) is 11.8 Å². The molecule has 1 atom stereocenters. The van der Waals surface area contributed by atoms with Crippen LogP contribution in [-0.4, -0.2) is 40.3 Å². The summed E-state index contributed by atoms with van der Waals surface area (Å²) in [4.78, 5) is 42.6. The number of piperidine rings is 1. The van der Waals surface area contributed by atoms with Crippen molar-refractivity contribution in [1.29, 1.82) is 0 Å². The summed E-state index contributed by atoms with van der Waals surface area (Å²) in [6.45, 7) is 2.80. The highest BCUT2D eigenvalue weighted by molar-refractivity contribution is 6.03. The molecular weight excluding hydrogens is 274 g/mol. The van der Waals surface area contributed by atoms with E-state index in [1.165, 1.54) is 12.4 Å². The molecule has 1 saturated heterocycles. The minimum Gasteiger partial charge on any atom is -0.369 e. The summed E-state index contributed by atoms with van der Waals surface area (Å²) in [5.74, 6) is -0.709. The number of nitrogens with one attached hydrogen (secondary N) is 3. The van der Waals surface area contributed by atoms with E-state index >= 15 is 0 Å². The molecule has 3 N–H and O–H groups in total. The number of amides is 3. The van der Waals surface area contributed by atoms with Crippen LogP contribution in [0.25, 0.3) is 0 Å². The Bertz CT molecular complexity index is 543. The van der Waals surface area contributed by atoms with E-state index in [-0.39, 0.29) is 18.0 Å². The average molecular weight is 291 g/mol. The van der Waals surface area contributed by atoms with E-state index in [1.807, 2.05) is 6.92 Å². The van der Waals surface area contributed by atoms with Crippen molar-refractivity contribution in [3.8, 4) is 0 Å². The summed E-state index contributed by atoms with van der Waals surface area (Å²) in [5, 5.41) is 7.77. The van der Waals surface area contributed by atoms with Gasteiger partial charge in [-0.3, -0.25) is 19.7 Å². The maximum absolute atomic E-state index is 12.0. The third-order valence-electron chi connectivity index (χ3n) is 2.99. The van der Waals surface area contributed by atoms with Crippen molar-refractivity contribution in [3.63, 3.8) is 0 Å². The van der Waals surface area contributed by atoms with Crippen LogP contribution in [0.1, 0.15) is 36.7 Å². The third-order valence-corrected chi connectivity index (χ3v) is 2.99. The Balaban J connectivity index is 1.94. The van der Waals surface area contributed by atoms with Gasteiger partial charge >= 0.3 is 0 Å². The Morgan fingerprint density at radius 2 is 2.19 bits per heavy atom. The topological polar surface area (TPSA) is 113 Å². The lowest BCUT2D eigenvalue weighted by molar-refractivity contribution is -0.134. The van der Waals surface area contributed by atoms with Gasteiger partial charge in [0.05, 0.1) is 12.4 Å². The first-order valence-electron chi connectivity index (χ1n) is 6.80. The maximum atomic E-state index is 12.0. The molecule has 0 aromatic carbocycles. The summed E-state index contributed by atoms with van der Waals surface area (Å²) in [6.07, 6.45) is 4.27. The molecule has 1 aliphatic rings. The average Bonchev–Trinajstić information content (AvgIpc) is 2.48. The van der Waals surface area contributed by atoms with Crippen LogP contribution in [0.15, 0.2) is 12.4 Å². The van der Waals surface area contributed by atoms with Crippen molar-refractivity contribution in [2.75, 3.05) is 11.9 Å². The van der Waals surface area contributed by atoms with Gasteiger partial charge in [0.25, 0.3) is 5.91 Å². The molecule has 8 nitrogen and oxygen atoms in total. The molecule has 0 saturated carbocycles. The number of rotatable bonds is 5. The second-order valence-corrected chi connectivity index (χ2v) is 4.69. The van der Waals surface area contributed by atoms with Crippen molar-refractivity contribution in [2.24, 2.45) is 0 Å². The van der Waals surface area contributed by atoms with Gasteiger partial charge in [0.1, 0.15) is 17.6 Å². The zero-order valence-electron chi connectivity index (χ0n) is 11.7. The molecule has 0 radical (unpaired) electrons. The largest absolute Gasteiger partial charge is 0.369 e. The molecule has 2 rings (SSSR count). The quantitative estimate of drug-likeness (QED) is 0.649. The van der Waals surface area contributed by atoms with Gasteiger partial charge in [-0.15, -0.1) is 0 Å². The van der Waals surface area contributed by atoms with Crippen molar-refractivity contribution < 1.29 is 14.4 Å². The number of hydrogen-bond donors (Lipinski definition) is 3. The van der Waals surface area contributed by atoms with E-state index < -0.39 is 17.9 Å². The number of carbonyl (C=O) groups excluding carboxylic acids is 3. The highest BCUT2D eigenvalue weighted by Crippen LogP contribution is 2.06. The first kappa shape index (κ1) is 14.9. The molecule has 1 aliphatic heterocycles. The smallest absolute Gasteiger partial charge is 0.272 e. The Labute approximate surface area is 121 Å². The minimum absolute atomic E-state index is 0.127. The van der Waals surface area contributed by atoms with Crippen molar-refractivity contribution >= 4 is 23.5 Å². The van der Waals surface area contributed by atoms with Gasteiger partial charge < -0.3 is 10.6 Å². The van der Waals surface area contributed by atoms with Crippen LogP contribution in [0.4, 0.5) is 5.82 Å². The zero-order chi connectivity index (χ0) is 15.2. The molecule has 112 valence electrons. The monoisotopic (exact) mass is 291 g/mol. The van der Waals surface area contributed by atoms with E-state index in [1.54, 1.807) is 0 Å². The lowest BCUT2D eigenvalue weighted by Crippen LogP contribution is -2.52. The second kappa shape index (κ2) is 6.78. The standard InChI is InChI=1S/C13H17N5O3/c1-2-5-14-10-7-15-9(6-16-10)13(21)17-8-3-4-11(19)18-12(8)20/h6-8H,2-5H2,1H3,(H,14,16)(H,17,21)(H,18,19,20). The molecule has 0 bridgehead atoms. The van der Waals surface area contributed by atoms with Crippen LogP contribution in [-0.2, 0) is 9.59 Å². The van der Waals surface area contributed by atoms with Gasteiger partial charge in [-0.2, -0.15) is 0 Å². The maximum Gasteiger partial charge on any atom is 0.272 e. The van der Waals surface area contributed by atoms with Crippen molar-refractivity contribution in [3.05, 3.63) is 18.1 Å². The third kappa shape index (κ3) is 3.98. The normalized spacial score (nSPS) is 18.0. The van der Waals surface area contributed by atoms with Gasteiger partial charge in [-0.1, -0.05) is 6.92 Å². The molecular formula is C13H17N5O3. The first-order valence-corrected chi connectivity index (χ1v) is 6.80. The van der Waals surface area contributed by atoms with E-state index in [4.69, 9.17) is 0 Å². The number of aromatic nitrogens is 2. The van der Waals surface area contributed by atoms with Crippen LogP contribution >= 0.6 is 0 Å². The second-order valence-electron chi connectivity index (χ2n) is 4.69. The Morgan fingerprint density at radius 3 is 2.81 bits per heavy atom. The molecule has 3 amide bonds. The zero-order valence-corrected chi connectivity index (χ0v) is 11.7. The summed E-state index contributed by atoms with van der Waals surface area (Å²) >= 11 is 0. The lowest BCUT2D eigenvalue weighted by Gasteiger charge is -2.21. The van der Waals surface area contributed by atoms with Crippen molar-refractivity contribution in [2.45, 2.75) is 32.2 Å². The van der Waals surface area contributed by atoms with Crippen LogP contribution in [0.3, 0.4) is 0 Å². The highest BCUT2D eigenvalue weighted by Gasteiger charge is 2.28. The molecule has 1 aromatic rings. The number of carbonyl (C=O) groups is 3. The number of anilines is 1. The fourth-order valence-electron chi connectivity index (χ4n) is 1.85. The molecule has 2 heterocycles. The molecule has 1 unspecified atom stereocenters. The first-order chi connectivity index (χ1) is 10.1. The Hall–Kier alpha value is -2.51. The van der Waals surface area contributed by atoms with Gasteiger partial charge in [-0.05, 0) is 12.8 Å².